The van der Waals surface area contributed by atoms with Crippen molar-refractivity contribution in [2.75, 3.05) is 13.1 Å². The van der Waals surface area contributed by atoms with E-state index in [4.69, 9.17) is 0 Å². The van der Waals surface area contributed by atoms with Crippen LogP contribution in [0.5, 0.6) is 0 Å². The first kappa shape index (κ1) is 97.9. The molecule has 0 spiro atoms. The summed E-state index contributed by atoms with van der Waals surface area (Å²) in [5.41, 5.74) is 6.39. The quantitative estimate of drug-likeness (QED) is 0.0357. The van der Waals surface area contributed by atoms with Crippen molar-refractivity contribution in [2.24, 2.45) is 11.8 Å². The molecule has 0 N–H and O–H groups in total. The Morgan fingerprint density at radius 2 is 0.470 bits per heavy atom. The van der Waals surface area contributed by atoms with Crippen molar-refractivity contribution < 1.29 is 9.59 Å². The van der Waals surface area contributed by atoms with E-state index in [0.29, 0.717) is 36.1 Å². The molecule has 0 aromatic carbocycles. The third-order valence-corrected chi connectivity index (χ3v) is 35.7. The van der Waals surface area contributed by atoms with Gasteiger partial charge in [0.25, 0.3) is 11.8 Å². The molecule has 0 bridgehead atoms. The Bertz CT molecular complexity index is 3880. The number of carbonyl (C=O) groups is 2. The molecule has 0 saturated carbocycles. The van der Waals surface area contributed by atoms with E-state index in [-0.39, 0.29) is 11.8 Å². The van der Waals surface area contributed by atoms with Crippen LogP contribution in [0, 0.1) is 25.7 Å². The van der Waals surface area contributed by atoms with Crippen LogP contribution in [0.15, 0.2) is 47.5 Å². The van der Waals surface area contributed by atoms with E-state index in [9.17, 15) is 0 Å². The zero-order chi connectivity index (χ0) is 82.3. The summed E-state index contributed by atoms with van der Waals surface area (Å²) in [6, 6.07) is 14.0. The molecule has 9 heterocycles. The van der Waals surface area contributed by atoms with E-state index in [1.165, 1.54) is 457 Å². The molecule has 0 fully saturated rings. The molecular formula is C106H168N2O2S7. The Hall–Kier alpha value is -2.90. The summed E-state index contributed by atoms with van der Waals surface area (Å²) >= 11 is 14.1. The Kier molecular flexibility index (Phi) is 48.8. The fourth-order valence-electron chi connectivity index (χ4n) is 19.3. The number of hydrogen-bond donors (Lipinski definition) is 0. The predicted octanol–water partition coefficient (Wildman–Crippen LogP) is 38.7. The number of rotatable bonds is 74. The maximum Gasteiger partial charge on any atom is 0.261 e. The fraction of sp³-hybridized carbons (Fsp3) is 0.736. The van der Waals surface area contributed by atoms with Gasteiger partial charge in [0.05, 0.1) is 60.5 Å². The van der Waals surface area contributed by atoms with E-state index in [2.05, 4.69) is 147 Å². The fourth-order valence-corrected chi connectivity index (χ4v) is 28.7. The lowest BCUT2D eigenvalue weighted by molar-refractivity contribution is -0.124. The lowest BCUT2D eigenvalue weighted by Gasteiger charge is -2.27. The summed E-state index contributed by atoms with van der Waals surface area (Å²) in [4.78, 5) is 47.7. The zero-order valence-corrected chi connectivity index (χ0v) is 82.0. The van der Waals surface area contributed by atoms with Gasteiger partial charge in [-0.05, 0) is 112 Å². The standard InChI is InChI=1S/C106H168N2O2S7/c1-9-15-21-27-33-37-39-41-43-45-47-49-53-59-65-71-87-97(91-76-74-84(8)112-91)114-101-99(87)116-104-102-100(117-103(101)104)88(72-66-60-54-50-48-46-44-42-40-38-34-28-22-16-10-2)98(115-102)92-78-77-90(113-92)96-94-93(105(109)108(96)82-80-86(68-62-56-32-26-20-14-6)70-64-58-52-36-30-24-18-12-4)95(89-75-73-83(7)111-89)107(106(94)110)81-79-85(67-61-55-31-25-19-13-5)69-63-57-51-35-29-23-17-11-3/h73-78,85-86H,9-72,79-82H2,1-8H3. The summed E-state index contributed by atoms with van der Waals surface area (Å²) in [6.07, 6.45) is 87.7. The first-order chi connectivity index (χ1) is 57.6. The molecule has 11 heteroatoms. The zero-order valence-electron chi connectivity index (χ0n) is 76.3. The first-order valence-electron chi connectivity index (χ1n) is 50.4. The van der Waals surface area contributed by atoms with Crippen LogP contribution in [0.1, 0.15) is 483 Å². The Morgan fingerprint density at radius 1 is 0.239 bits per heavy atom. The molecular weight excluding hydrogens is 1560 g/mol. The van der Waals surface area contributed by atoms with Gasteiger partial charge in [-0.3, -0.25) is 9.59 Å². The number of unbranched alkanes of at least 4 members (excludes halogenated alkanes) is 52. The highest BCUT2D eigenvalue weighted by Crippen LogP contribution is 2.58. The van der Waals surface area contributed by atoms with Gasteiger partial charge in [0.15, 0.2) is 0 Å². The molecule has 2 amide bonds. The lowest BCUT2D eigenvalue weighted by Crippen LogP contribution is -2.32. The minimum Gasteiger partial charge on any atom is -0.306 e. The number of amides is 2. The Morgan fingerprint density at radius 3 is 0.752 bits per heavy atom. The average molecular weight is 1730 g/mol. The molecule has 0 radical (unpaired) electrons. The molecule has 9 rings (SSSR count). The first-order valence-corrected chi connectivity index (χ1v) is 56.1. The molecule has 7 aromatic heterocycles. The topological polar surface area (TPSA) is 40.6 Å². The van der Waals surface area contributed by atoms with Crippen molar-refractivity contribution in [1.82, 2.24) is 9.80 Å². The molecule has 2 atom stereocenters. The van der Waals surface area contributed by atoms with E-state index < -0.39 is 0 Å². The summed E-state index contributed by atoms with van der Waals surface area (Å²) < 4.78 is 9.17. The highest BCUT2D eigenvalue weighted by molar-refractivity contribution is 7.46. The lowest BCUT2D eigenvalue weighted by atomic mass is 9.91. The third-order valence-electron chi connectivity index (χ3n) is 26.6. The van der Waals surface area contributed by atoms with Gasteiger partial charge in [-0.25, -0.2) is 0 Å². The smallest absolute Gasteiger partial charge is 0.261 e. The van der Waals surface area contributed by atoms with Gasteiger partial charge in [0, 0.05) is 42.4 Å². The maximum atomic E-state index is 16.4. The van der Waals surface area contributed by atoms with Crippen molar-refractivity contribution in [3.05, 3.63) is 78.2 Å². The normalized spacial score (nSPS) is 13.9. The Labute approximate surface area is 745 Å². The summed E-state index contributed by atoms with van der Waals surface area (Å²) in [5.74, 6) is 1.27. The summed E-state index contributed by atoms with van der Waals surface area (Å²) in [5, 5.41) is 0. The molecule has 2 unspecified atom stereocenters. The van der Waals surface area contributed by atoms with Crippen LogP contribution >= 0.6 is 79.4 Å². The van der Waals surface area contributed by atoms with Crippen LogP contribution in [-0.4, -0.2) is 34.7 Å². The van der Waals surface area contributed by atoms with Crippen molar-refractivity contribution in [3.8, 4) is 19.5 Å². The van der Waals surface area contributed by atoms with E-state index in [1.54, 1.807) is 27.2 Å². The van der Waals surface area contributed by atoms with Gasteiger partial charge in [-0.1, -0.05) is 427 Å². The van der Waals surface area contributed by atoms with Crippen LogP contribution in [0.2, 0.25) is 0 Å². The van der Waals surface area contributed by atoms with Crippen molar-refractivity contribution >= 4 is 131 Å². The molecule has 117 heavy (non-hydrogen) atoms. The monoisotopic (exact) mass is 1730 g/mol. The number of thiophene rings is 7. The summed E-state index contributed by atoms with van der Waals surface area (Å²) in [7, 11) is 0. The Balaban J connectivity index is 1.04. The van der Waals surface area contributed by atoms with Gasteiger partial charge < -0.3 is 9.80 Å². The third kappa shape index (κ3) is 32.2. The molecule has 0 aliphatic carbocycles. The van der Waals surface area contributed by atoms with Crippen molar-refractivity contribution in [3.63, 3.8) is 0 Å². The van der Waals surface area contributed by atoms with E-state index in [1.807, 2.05) is 22.7 Å². The van der Waals surface area contributed by atoms with Gasteiger partial charge in [0.1, 0.15) is 0 Å². The molecule has 7 aromatic rings. The van der Waals surface area contributed by atoms with Gasteiger partial charge in [-0.2, -0.15) is 0 Å². The molecule has 656 valence electrons. The predicted molar refractivity (Wildman–Crippen MR) is 532 cm³/mol. The largest absolute Gasteiger partial charge is 0.306 e. The molecule has 0 saturated heterocycles. The van der Waals surface area contributed by atoms with Gasteiger partial charge in [-0.15, -0.1) is 79.4 Å². The van der Waals surface area contributed by atoms with E-state index >= 15 is 9.59 Å². The second kappa shape index (κ2) is 58.3. The van der Waals surface area contributed by atoms with Crippen LogP contribution in [0.25, 0.3) is 59.1 Å². The highest BCUT2D eigenvalue weighted by atomic mass is 32.1. The number of hydrogen-bond acceptors (Lipinski definition) is 9. The number of carbonyl (C=O) groups excluding carboxylic acids is 2. The van der Waals surface area contributed by atoms with Crippen molar-refractivity contribution in [2.45, 2.75) is 479 Å². The van der Waals surface area contributed by atoms with Crippen LogP contribution in [-0.2, 0) is 22.4 Å². The minimum atomic E-state index is 0.0710. The van der Waals surface area contributed by atoms with Crippen molar-refractivity contribution in [1.29, 1.82) is 0 Å². The van der Waals surface area contributed by atoms with Gasteiger partial charge >= 0.3 is 0 Å². The number of nitrogens with zero attached hydrogens (tertiary/aromatic N) is 2. The van der Waals surface area contributed by atoms with Crippen LogP contribution in [0.4, 0.5) is 0 Å². The minimum absolute atomic E-state index is 0.0710. The number of fused-ring (bicyclic) bond motifs is 6. The summed E-state index contributed by atoms with van der Waals surface area (Å²) in [6.45, 7) is 19.8. The average Bonchev–Trinajstić information content (AvgIpc) is 1.56. The second-order valence-electron chi connectivity index (χ2n) is 36.7. The van der Waals surface area contributed by atoms with E-state index in [0.717, 1.165) is 40.4 Å². The molecule has 4 nitrogen and oxygen atoms in total. The molecule has 2 aliphatic rings. The maximum absolute atomic E-state index is 16.4. The second-order valence-corrected chi connectivity index (χ2v) is 44.4. The van der Waals surface area contributed by atoms with Crippen LogP contribution in [0.3, 0.4) is 0 Å². The van der Waals surface area contributed by atoms with Gasteiger partial charge in [0.2, 0.25) is 0 Å². The van der Waals surface area contributed by atoms with Crippen LogP contribution < -0.4 is 0 Å². The number of aryl methyl sites for hydroxylation is 4. The highest BCUT2D eigenvalue weighted by Gasteiger charge is 2.50. The molecule has 2 aliphatic heterocycles. The SMILES string of the molecule is CCCCCCCCCCCCCCCCCc1c(-c2ccc(C)s2)sc2c1sc1c3sc(-c4ccc(C5=C6C(=O)N(CCC(CCCCCCCC)CCCCCCCCCC)C(c7ccc(C)s7)=C6C(=O)N5CCC(CCCCCCCC)CCCCCCCCCC)s4)c(CCCCCCCCCCCCCCCCC)c3sc21.